The number of para-hydroxylation sites is 2. The van der Waals surface area contributed by atoms with Gasteiger partial charge in [-0.05, 0) is 18.2 Å². The molecule has 0 bridgehead atoms. The summed E-state index contributed by atoms with van der Waals surface area (Å²) in [5.74, 6) is 1.81. The van der Waals surface area contributed by atoms with Gasteiger partial charge in [0.25, 0.3) is 0 Å². The van der Waals surface area contributed by atoms with Gasteiger partial charge >= 0.3 is 6.61 Å². The predicted octanol–water partition coefficient (Wildman–Crippen LogP) is 3.91. The molecule has 3 rings (SSSR count). The molecule has 0 radical (unpaired) electrons. The maximum Gasteiger partial charge on any atom is 0.387 e. The first-order valence-electron chi connectivity index (χ1n) is 9.35. The van der Waals surface area contributed by atoms with Crippen LogP contribution in [0.5, 0.6) is 11.5 Å². The third-order valence-corrected chi connectivity index (χ3v) is 4.62. The first-order chi connectivity index (χ1) is 13.7. The van der Waals surface area contributed by atoms with Gasteiger partial charge in [0.2, 0.25) is 0 Å². The summed E-state index contributed by atoms with van der Waals surface area (Å²) in [7, 11) is 1.72. The van der Waals surface area contributed by atoms with Gasteiger partial charge in [-0.3, -0.25) is 4.99 Å². The summed E-state index contributed by atoms with van der Waals surface area (Å²) in [6.07, 6.45) is 1.96. The number of likely N-dealkylation sites (tertiary alicyclic amines) is 1. The lowest BCUT2D eigenvalue weighted by molar-refractivity contribution is -0.0504. The number of nitrogens with one attached hydrogen (secondary N) is 1. The van der Waals surface area contributed by atoms with Crippen LogP contribution in [0.1, 0.15) is 18.4 Å². The van der Waals surface area contributed by atoms with Crippen molar-refractivity contribution in [2.45, 2.75) is 32.1 Å². The van der Waals surface area contributed by atoms with E-state index in [1.165, 1.54) is 0 Å². The van der Waals surface area contributed by atoms with Crippen LogP contribution in [0.2, 0.25) is 0 Å². The molecule has 0 saturated carbocycles. The van der Waals surface area contributed by atoms with Crippen molar-refractivity contribution in [2.24, 2.45) is 4.99 Å². The number of aliphatic imine (C=N–C) groups is 1. The van der Waals surface area contributed by atoms with Crippen LogP contribution in [0.15, 0.2) is 59.6 Å². The fraction of sp³-hybridized carbons (Fsp3) is 0.381. The Morgan fingerprint density at radius 2 is 1.79 bits per heavy atom. The first-order valence-corrected chi connectivity index (χ1v) is 9.35. The van der Waals surface area contributed by atoms with Crippen molar-refractivity contribution in [1.29, 1.82) is 0 Å². The van der Waals surface area contributed by atoms with E-state index in [1.54, 1.807) is 31.3 Å². The number of guanidine groups is 1. The van der Waals surface area contributed by atoms with Crippen LogP contribution in [0, 0.1) is 0 Å². The van der Waals surface area contributed by atoms with Crippen molar-refractivity contribution in [3.05, 3.63) is 60.2 Å². The molecule has 2 aromatic rings. The number of alkyl halides is 2. The molecular formula is C21H25F2N3O2. The maximum absolute atomic E-state index is 12.6. The Morgan fingerprint density at radius 1 is 1.11 bits per heavy atom. The molecule has 1 aliphatic heterocycles. The second-order valence-corrected chi connectivity index (χ2v) is 6.50. The number of hydrogen-bond donors (Lipinski definition) is 1. The van der Waals surface area contributed by atoms with Gasteiger partial charge in [0.1, 0.15) is 17.6 Å². The van der Waals surface area contributed by atoms with Gasteiger partial charge in [-0.1, -0.05) is 36.4 Å². The molecule has 5 nitrogen and oxygen atoms in total. The summed E-state index contributed by atoms with van der Waals surface area (Å²) in [5, 5.41) is 3.24. The average molecular weight is 389 g/mol. The zero-order chi connectivity index (χ0) is 19.8. The minimum atomic E-state index is -2.84. The summed E-state index contributed by atoms with van der Waals surface area (Å²) in [6.45, 7) is -0.863. The van der Waals surface area contributed by atoms with E-state index in [0.29, 0.717) is 12.1 Å². The summed E-state index contributed by atoms with van der Waals surface area (Å²) in [4.78, 5) is 6.48. The number of hydrogen-bond acceptors (Lipinski definition) is 3. The fourth-order valence-electron chi connectivity index (χ4n) is 3.24. The van der Waals surface area contributed by atoms with Crippen molar-refractivity contribution >= 4 is 5.96 Å². The largest absolute Gasteiger partial charge is 0.490 e. The van der Waals surface area contributed by atoms with E-state index in [9.17, 15) is 8.78 Å². The Balaban J connectivity index is 1.51. The van der Waals surface area contributed by atoms with Crippen molar-refractivity contribution in [2.75, 3.05) is 20.1 Å². The molecule has 1 fully saturated rings. The summed E-state index contributed by atoms with van der Waals surface area (Å²) < 4.78 is 35.7. The maximum atomic E-state index is 12.6. The van der Waals surface area contributed by atoms with Gasteiger partial charge in [0, 0.05) is 45.1 Å². The molecule has 0 atom stereocenters. The smallest absolute Gasteiger partial charge is 0.387 e. The van der Waals surface area contributed by atoms with Crippen LogP contribution in [-0.4, -0.2) is 43.7 Å². The Hall–Kier alpha value is -2.83. The van der Waals surface area contributed by atoms with Crippen LogP contribution in [0.4, 0.5) is 8.78 Å². The quantitative estimate of drug-likeness (QED) is 0.601. The zero-order valence-corrected chi connectivity index (χ0v) is 15.9. The van der Waals surface area contributed by atoms with Crippen LogP contribution < -0.4 is 14.8 Å². The SMILES string of the molecule is CN=C(NCc1ccccc1OC(F)F)N1CCC(Oc2ccccc2)CC1. The zero-order valence-electron chi connectivity index (χ0n) is 15.9. The minimum Gasteiger partial charge on any atom is -0.490 e. The van der Waals surface area contributed by atoms with Crippen LogP contribution in [0.3, 0.4) is 0 Å². The Kier molecular flexibility index (Phi) is 7.06. The molecule has 1 saturated heterocycles. The monoisotopic (exact) mass is 389 g/mol. The number of benzene rings is 2. The molecule has 150 valence electrons. The van der Waals surface area contributed by atoms with Crippen LogP contribution in [-0.2, 0) is 6.54 Å². The summed E-state index contributed by atoms with van der Waals surface area (Å²) in [6, 6.07) is 16.6. The Morgan fingerprint density at radius 3 is 2.46 bits per heavy atom. The highest BCUT2D eigenvalue weighted by Crippen LogP contribution is 2.21. The van der Waals surface area contributed by atoms with Gasteiger partial charge in [-0.25, -0.2) is 0 Å². The van der Waals surface area contributed by atoms with E-state index >= 15 is 0 Å². The average Bonchev–Trinajstić information content (AvgIpc) is 2.71. The molecule has 0 aliphatic carbocycles. The third kappa shape index (κ3) is 5.58. The lowest BCUT2D eigenvalue weighted by Crippen LogP contribution is -2.47. The molecule has 0 spiro atoms. The summed E-state index contributed by atoms with van der Waals surface area (Å²) in [5.41, 5.74) is 0.659. The predicted molar refractivity (Wildman–Crippen MR) is 105 cm³/mol. The number of halogens is 2. The van der Waals surface area contributed by atoms with Crippen LogP contribution in [0.25, 0.3) is 0 Å². The molecule has 0 amide bonds. The standard InChI is InChI=1S/C21H25F2N3O2/c1-24-21(25-15-16-7-5-6-10-19(16)28-20(22)23)26-13-11-18(12-14-26)27-17-8-3-2-4-9-17/h2-10,18,20H,11-15H2,1H3,(H,24,25). The first kappa shape index (κ1) is 19.9. The van der Waals surface area contributed by atoms with E-state index in [1.807, 2.05) is 30.3 Å². The van der Waals surface area contributed by atoms with Gasteiger partial charge in [-0.15, -0.1) is 0 Å². The second-order valence-electron chi connectivity index (χ2n) is 6.50. The molecule has 2 aromatic carbocycles. The molecular weight excluding hydrogens is 364 g/mol. The van der Waals surface area contributed by atoms with E-state index in [0.717, 1.165) is 37.6 Å². The highest BCUT2D eigenvalue weighted by molar-refractivity contribution is 5.80. The number of ether oxygens (including phenoxy) is 2. The summed E-state index contributed by atoms with van der Waals surface area (Å²) >= 11 is 0. The van der Waals surface area contributed by atoms with Crippen molar-refractivity contribution in [3.63, 3.8) is 0 Å². The Labute approximate surface area is 164 Å². The fourth-order valence-corrected chi connectivity index (χ4v) is 3.24. The third-order valence-electron chi connectivity index (χ3n) is 4.62. The van der Waals surface area contributed by atoms with E-state index in [-0.39, 0.29) is 11.9 Å². The molecule has 0 aromatic heterocycles. The molecule has 28 heavy (non-hydrogen) atoms. The van der Waals surface area contributed by atoms with E-state index < -0.39 is 6.61 Å². The van der Waals surface area contributed by atoms with Crippen molar-refractivity contribution in [3.8, 4) is 11.5 Å². The number of piperidine rings is 1. The topological polar surface area (TPSA) is 46.1 Å². The molecule has 7 heteroatoms. The molecule has 1 heterocycles. The van der Waals surface area contributed by atoms with Gasteiger partial charge in [-0.2, -0.15) is 8.78 Å². The minimum absolute atomic E-state index is 0.176. The number of rotatable bonds is 6. The second kappa shape index (κ2) is 9.92. The van der Waals surface area contributed by atoms with Crippen LogP contribution >= 0.6 is 0 Å². The lowest BCUT2D eigenvalue weighted by Gasteiger charge is -2.34. The number of nitrogens with zero attached hydrogens (tertiary/aromatic N) is 2. The van der Waals surface area contributed by atoms with Gasteiger partial charge in [0.05, 0.1) is 0 Å². The Bertz CT molecular complexity index is 763. The highest BCUT2D eigenvalue weighted by Gasteiger charge is 2.23. The normalized spacial score (nSPS) is 15.6. The molecule has 1 aliphatic rings. The van der Waals surface area contributed by atoms with Gasteiger partial charge < -0.3 is 19.7 Å². The van der Waals surface area contributed by atoms with E-state index in [2.05, 4.69) is 19.9 Å². The molecule has 1 N–H and O–H groups in total. The van der Waals surface area contributed by atoms with Crippen molar-refractivity contribution < 1.29 is 18.3 Å². The molecule has 0 unspecified atom stereocenters. The van der Waals surface area contributed by atoms with Crippen molar-refractivity contribution in [1.82, 2.24) is 10.2 Å². The lowest BCUT2D eigenvalue weighted by atomic mass is 10.1. The van der Waals surface area contributed by atoms with E-state index in [4.69, 9.17) is 4.74 Å². The van der Waals surface area contributed by atoms with Gasteiger partial charge in [0.15, 0.2) is 5.96 Å². The highest BCUT2D eigenvalue weighted by atomic mass is 19.3.